The van der Waals surface area contributed by atoms with Gasteiger partial charge in [-0.15, -0.1) is 0 Å². The Morgan fingerprint density at radius 2 is 2.32 bits per heavy atom. The summed E-state index contributed by atoms with van der Waals surface area (Å²) in [6.07, 6.45) is 1.39. The molecule has 0 heterocycles. The first-order valence-electron chi connectivity index (χ1n) is 6.44. The first-order valence-corrected chi connectivity index (χ1v) is 6.44. The second kappa shape index (κ2) is 5.93. The van der Waals surface area contributed by atoms with Gasteiger partial charge in [0.1, 0.15) is 5.75 Å². The van der Waals surface area contributed by atoms with Crippen LogP contribution < -0.4 is 10.1 Å². The summed E-state index contributed by atoms with van der Waals surface area (Å²) in [5.41, 5.74) is 0.741. The molecule has 1 aliphatic rings. The smallest absolute Gasteiger partial charge is 0.317 e. The second-order valence-corrected chi connectivity index (χ2v) is 4.90. The Hall–Kier alpha value is -1.75. The molecule has 19 heavy (non-hydrogen) atoms. The number of benzene rings is 1. The number of methoxy groups -OCH3 is 1. The van der Waals surface area contributed by atoms with Gasteiger partial charge in [0.25, 0.3) is 0 Å². The first-order chi connectivity index (χ1) is 9.10. The van der Waals surface area contributed by atoms with Crippen molar-refractivity contribution < 1.29 is 14.6 Å². The molecular weight excluding hydrogens is 244 g/mol. The summed E-state index contributed by atoms with van der Waals surface area (Å²) in [5, 5.41) is 13.0. The van der Waals surface area contributed by atoms with E-state index < -0.39 is 6.10 Å². The van der Waals surface area contributed by atoms with Crippen LogP contribution in [0.5, 0.6) is 5.75 Å². The van der Waals surface area contributed by atoms with Gasteiger partial charge >= 0.3 is 6.03 Å². The molecule has 1 aromatic rings. The highest BCUT2D eigenvalue weighted by molar-refractivity contribution is 5.74. The summed E-state index contributed by atoms with van der Waals surface area (Å²) in [4.78, 5) is 13.3. The number of hydrogen-bond acceptors (Lipinski definition) is 3. The van der Waals surface area contributed by atoms with Crippen molar-refractivity contribution in [3.8, 4) is 5.75 Å². The lowest BCUT2D eigenvalue weighted by atomic mass is 10.1. The molecular formula is C14H20N2O3. The average molecular weight is 264 g/mol. The average Bonchev–Trinajstić information content (AvgIpc) is 3.22. The van der Waals surface area contributed by atoms with E-state index >= 15 is 0 Å². The minimum atomic E-state index is -0.718. The molecule has 1 unspecified atom stereocenters. The standard InChI is InChI=1S/C14H20N2O3/c1-16(14(18)15-11-6-7-11)9-13(17)10-4-3-5-12(8-10)19-2/h3-5,8,11,13,17H,6-7,9H2,1-2H3,(H,15,18). The van der Waals surface area contributed by atoms with Crippen LogP contribution in [0.3, 0.4) is 0 Å². The third kappa shape index (κ3) is 3.86. The number of hydrogen-bond donors (Lipinski definition) is 2. The molecule has 1 aliphatic carbocycles. The van der Waals surface area contributed by atoms with Crippen LogP contribution in [0.2, 0.25) is 0 Å². The molecule has 0 bridgehead atoms. The molecule has 2 N–H and O–H groups in total. The van der Waals surface area contributed by atoms with Gasteiger partial charge in [0.2, 0.25) is 0 Å². The van der Waals surface area contributed by atoms with E-state index in [0.29, 0.717) is 11.8 Å². The fourth-order valence-electron chi connectivity index (χ4n) is 1.81. The van der Waals surface area contributed by atoms with Crippen molar-refractivity contribution >= 4 is 6.03 Å². The molecule has 1 atom stereocenters. The van der Waals surface area contributed by atoms with Crippen LogP contribution in [0.15, 0.2) is 24.3 Å². The number of carbonyl (C=O) groups is 1. The van der Waals surface area contributed by atoms with Crippen LogP contribution in [-0.4, -0.2) is 42.8 Å². The highest BCUT2D eigenvalue weighted by Gasteiger charge is 2.25. The van der Waals surface area contributed by atoms with Gasteiger partial charge in [0, 0.05) is 13.1 Å². The predicted octanol–water partition coefficient (Wildman–Crippen LogP) is 1.53. The lowest BCUT2D eigenvalue weighted by Crippen LogP contribution is -2.40. The summed E-state index contributed by atoms with van der Waals surface area (Å²) < 4.78 is 5.11. The van der Waals surface area contributed by atoms with Crippen molar-refractivity contribution in [2.24, 2.45) is 0 Å². The lowest BCUT2D eigenvalue weighted by Gasteiger charge is -2.21. The molecule has 5 nitrogen and oxygen atoms in total. The Balaban J connectivity index is 1.91. The van der Waals surface area contributed by atoms with E-state index in [1.54, 1.807) is 20.2 Å². The molecule has 0 radical (unpaired) electrons. The molecule has 1 aromatic carbocycles. The van der Waals surface area contributed by atoms with E-state index in [4.69, 9.17) is 4.74 Å². The molecule has 1 fully saturated rings. The van der Waals surface area contributed by atoms with Crippen molar-refractivity contribution in [1.82, 2.24) is 10.2 Å². The number of urea groups is 1. The zero-order valence-electron chi connectivity index (χ0n) is 11.3. The quantitative estimate of drug-likeness (QED) is 0.848. The molecule has 2 rings (SSSR count). The Labute approximate surface area is 113 Å². The van der Waals surface area contributed by atoms with Gasteiger partial charge < -0.3 is 20.1 Å². The fourth-order valence-corrected chi connectivity index (χ4v) is 1.81. The number of amides is 2. The van der Waals surface area contributed by atoms with Crippen molar-refractivity contribution in [2.45, 2.75) is 25.0 Å². The summed E-state index contributed by atoms with van der Waals surface area (Å²) >= 11 is 0. The highest BCUT2D eigenvalue weighted by atomic mass is 16.5. The summed E-state index contributed by atoms with van der Waals surface area (Å²) in [6.45, 7) is 0.256. The van der Waals surface area contributed by atoms with Gasteiger partial charge in [0.15, 0.2) is 0 Å². The Kier molecular flexibility index (Phi) is 4.27. The van der Waals surface area contributed by atoms with Gasteiger partial charge in [-0.2, -0.15) is 0 Å². The number of nitrogens with one attached hydrogen (secondary N) is 1. The van der Waals surface area contributed by atoms with Crippen LogP contribution in [0.25, 0.3) is 0 Å². The molecule has 0 saturated heterocycles. The van der Waals surface area contributed by atoms with E-state index in [9.17, 15) is 9.90 Å². The third-order valence-corrected chi connectivity index (χ3v) is 3.18. The van der Waals surface area contributed by atoms with Crippen molar-refractivity contribution in [2.75, 3.05) is 20.7 Å². The predicted molar refractivity (Wildman–Crippen MR) is 72.1 cm³/mol. The summed E-state index contributed by atoms with van der Waals surface area (Å²) in [6, 6.07) is 7.42. The largest absolute Gasteiger partial charge is 0.497 e. The maximum atomic E-state index is 11.8. The van der Waals surface area contributed by atoms with Crippen molar-refractivity contribution in [1.29, 1.82) is 0 Å². The van der Waals surface area contributed by atoms with Crippen LogP contribution in [0, 0.1) is 0 Å². The van der Waals surface area contributed by atoms with Gasteiger partial charge in [-0.1, -0.05) is 12.1 Å². The SMILES string of the molecule is COc1cccc(C(O)CN(C)C(=O)NC2CC2)c1. The number of ether oxygens (including phenoxy) is 1. The molecule has 0 aromatic heterocycles. The van der Waals surface area contributed by atoms with E-state index in [2.05, 4.69) is 5.32 Å². The zero-order chi connectivity index (χ0) is 13.8. The highest BCUT2D eigenvalue weighted by Crippen LogP contribution is 2.21. The van der Waals surface area contributed by atoms with E-state index in [-0.39, 0.29) is 12.6 Å². The van der Waals surface area contributed by atoms with Crippen LogP contribution in [0.1, 0.15) is 24.5 Å². The number of rotatable bonds is 5. The first kappa shape index (κ1) is 13.7. The number of carbonyl (C=O) groups excluding carboxylic acids is 1. The van der Waals surface area contributed by atoms with Gasteiger partial charge in [-0.3, -0.25) is 0 Å². The fraction of sp³-hybridized carbons (Fsp3) is 0.500. The minimum Gasteiger partial charge on any atom is -0.497 e. The van der Waals surface area contributed by atoms with Gasteiger partial charge in [-0.25, -0.2) is 4.79 Å². The summed E-state index contributed by atoms with van der Waals surface area (Å²) in [5.74, 6) is 0.696. The monoisotopic (exact) mass is 264 g/mol. The van der Waals surface area contributed by atoms with E-state index in [1.165, 1.54) is 4.90 Å². The Morgan fingerprint density at radius 3 is 2.95 bits per heavy atom. The zero-order valence-corrected chi connectivity index (χ0v) is 11.3. The van der Waals surface area contributed by atoms with Gasteiger partial charge in [0.05, 0.1) is 19.8 Å². The number of likely N-dealkylation sites (N-methyl/N-ethyl adjacent to an activating group) is 1. The van der Waals surface area contributed by atoms with Crippen molar-refractivity contribution in [3.05, 3.63) is 29.8 Å². The number of aliphatic hydroxyl groups is 1. The molecule has 1 saturated carbocycles. The lowest BCUT2D eigenvalue weighted by molar-refractivity contribution is 0.131. The molecule has 0 aliphatic heterocycles. The third-order valence-electron chi connectivity index (χ3n) is 3.18. The van der Waals surface area contributed by atoms with Crippen LogP contribution >= 0.6 is 0 Å². The Morgan fingerprint density at radius 1 is 1.58 bits per heavy atom. The van der Waals surface area contributed by atoms with Gasteiger partial charge in [-0.05, 0) is 30.5 Å². The molecule has 2 amide bonds. The van der Waals surface area contributed by atoms with Crippen LogP contribution in [0.4, 0.5) is 4.79 Å². The van der Waals surface area contributed by atoms with Crippen LogP contribution in [-0.2, 0) is 0 Å². The second-order valence-electron chi connectivity index (χ2n) is 4.90. The Bertz CT molecular complexity index is 446. The minimum absolute atomic E-state index is 0.135. The number of nitrogens with zero attached hydrogens (tertiary/aromatic N) is 1. The maximum Gasteiger partial charge on any atom is 0.317 e. The number of aliphatic hydroxyl groups excluding tert-OH is 1. The molecule has 0 spiro atoms. The topological polar surface area (TPSA) is 61.8 Å². The summed E-state index contributed by atoms with van der Waals surface area (Å²) in [7, 11) is 3.27. The molecule has 104 valence electrons. The molecule has 5 heteroatoms. The van der Waals surface area contributed by atoms with Crippen molar-refractivity contribution in [3.63, 3.8) is 0 Å². The normalized spacial score (nSPS) is 15.7. The van der Waals surface area contributed by atoms with E-state index in [0.717, 1.165) is 18.4 Å². The van der Waals surface area contributed by atoms with E-state index in [1.807, 2.05) is 18.2 Å². The maximum absolute atomic E-state index is 11.8.